The summed E-state index contributed by atoms with van der Waals surface area (Å²) in [6.45, 7) is 4.52. The summed E-state index contributed by atoms with van der Waals surface area (Å²) in [5.74, 6) is 0.624. The molecule has 3 nitrogen and oxygen atoms in total. The zero-order chi connectivity index (χ0) is 9.97. The third-order valence-electron chi connectivity index (χ3n) is 3.35. The van der Waals surface area contributed by atoms with E-state index < -0.39 is 0 Å². The molecular weight excluding hydrogens is 174 g/mol. The maximum absolute atomic E-state index is 4.23. The molecule has 0 aliphatic carbocycles. The van der Waals surface area contributed by atoms with Gasteiger partial charge in [0.25, 0.3) is 0 Å². The highest BCUT2D eigenvalue weighted by atomic mass is 15.4. The summed E-state index contributed by atoms with van der Waals surface area (Å²) in [5.41, 5.74) is 1.33. The van der Waals surface area contributed by atoms with Gasteiger partial charge in [0.15, 0.2) is 0 Å². The van der Waals surface area contributed by atoms with Gasteiger partial charge < -0.3 is 0 Å². The van der Waals surface area contributed by atoms with Gasteiger partial charge in [-0.3, -0.25) is 0 Å². The SMILES string of the molecule is CCC1CCCCC(C)c2cnnn21. The van der Waals surface area contributed by atoms with Crippen LogP contribution in [0.2, 0.25) is 0 Å². The van der Waals surface area contributed by atoms with Gasteiger partial charge in [-0.15, -0.1) is 5.10 Å². The Morgan fingerprint density at radius 1 is 1.43 bits per heavy atom. The van der Waals surface area contributed by atoms with Crippen LogP contribution in [0.5, 0.6) is 0 Å². The van der Waals surface area contributed by atoms with Crippen LogP contribution in [0.3, 0.4) is 0 Å². The molecule has 1 aromatic rings. The molecule has 0 radical (unpaired) electrons. The third-order valence-corrected chi connectivity index (χ3v) is 3.35. The summed E-state index contributed by atoms with van der Waals surface area (Å²) in [6, 6.07) is 0.579. The normalized spacial score (nSPS) is 27.9. The predicted octanol–water partition coefficient (Wildman–Crippen LogP) is 2.91. The van der Waals surface area contributed by atoms with Crippen LogP contribution in [0.1, 0.15) is 63.6 Å². The van der Waals surface area contributed by atoms with Gasteiger partial charge in [-0.05, 0) is 25.2 Å². The quantitative estimate of drug-likeness (QED) is 0.686. The molecule has 0 amide bonds. The molecular formula is C11H19N3. The second-order valence-corrected chi connectivity index (χ2v) is 4.35. The lowest BCUT2D eigenvalue weighted by Crippen LogP contribution is -2.17. The van der Waals surface area contributed by atoms with Crippen molar-refractivity contribution in [2.45, 2.75) is 57.9 Å². The highest BCUT2D eigenvalue weighted by Crippen LogP contribution is 2.30. The van der Waals surface area contributed by atoms with Crippen molar-refractivity contribution in [2.24, 2.45) is 0 Å². The topological polar surface area (TPSA) is 30.7 Å². The van der Waals surface area contributed by atoms with Crippen LogP contribution in [0.25, 0.3) is 0 Å². The summed E-state index contributed by atoms with van der Waals surface area (Å²) < 4.78 is 2.16. The van der Waals surface area contributed by atoms with Gasteiger partial charge in [-0.1, -0.05) is 31.9 Å². The van der Waals surface area contributed by atoms with Gasteiger partial charge in [-0.2, -0.15) is 0 Å². The number of hydrogen-bond donors (Lipinski definition) is 0. The number of nitrogens with zero attached hydrogens (tertiary/aromatic N) is 3. The molecule has 0 bridgehead atoms. The van der Waals surface area contributed by atoms with E-state index in [1.54, 1.807) is 0 Å². The van der Waals surface area contributed by atoms with Gasteiger partial charge in [0.1, 0.15) is 0 Å². The molecule has 3 heteroatoms. The van der Waals surface area contributed by atoms with Crippen LogP contribution in [-0.4, -0.2) is 15.0 Å². The first-order chi connectivity index (χ1) is 6.83. The summed E-state index contributed by atoms with van der Waals surface area (Å²) in [6.07, 6.45) is 8.34. The molecule has 78 valence electrons. The van der Waals surface area contributed by atoms with Crippen molar-refractivity contribution in [3.8, 4) is 0 Å². The zero-order valence-corrected chi connectivity index (χ0v) is 9.11. The average molecular weight is 193 g/mol. The van der Waals surface area contributed by atoms with Gasteiger partial charge in [0.05, 0.1) is 17.9 Å². The predicted molar refractivity (Wildman–Crippen MR) is 56.2 cm³/mol. The van der Waals surface area contributed by atoms with Gasteiger partial charge in [-0.25, -0.2) is 4.68 Å². The number of aromatic nitrogens is 3. The minimum atomic E-state index is 0.579. The van der Waals surface area contributed by atoms with Crippen LogP contribution in [0.15, 0.2) is 6.20 Å². The highest BCUT2D eigenvalue weighted by molar-refractivity contribution is 5.03. The minimum Gasteiger partial charge on any atom is -0.246 e. The lowest BCUT2D eigenvalue weighted by molar-refractivity contribution is 0.347. The van der Waals surface area contributed by atoms with Gasteiger partial charge in [0.2, 0.25) is 0 Å². The first-order valence-electron chi connectivity index (χ1n) is 5.73. The van der Waals surface area contributed by atoms with Crippen LogP contribution in [0.4, 0.5) is 0 Å². The van der Waals surface area contributed by atoms with E-state index in [0.29, 0.717) is 12.0 Å². The molecule has 0 spiro atoms. The van der Waals surface area contributed by atoms with Crippen molar-refractivity contribution in [3.63, 3.8) is 0 Å². The van der Waals surface area contributed by atoms with Crippen LogP contribution < -0.4 is 0 Å². The van der Waals surface area contributed by atoms with E-state index >= 15 is 0 Å². The van der Waals surface area contributed by atoms with E-state index in [-0.39, 0.29) is 0 Å². The van der Waals surface area contributed by atoms with E-state index in [9.17, 15) is 0 Å². The van der Waals surface area contributed by atoms with Gasteiger partial charge in [0, 0.05) is 0 Å². The van der Waals surface area contributed by atoms with Crippen molar-refractivity contribution in [3.05, 3.63) is 11.9 Å². The second-order valence-electron chi connectivity index (χ2n) is 4.35. The molecule has 2 heterocycles. The molecule has 2 atom stereocenters. The lowest BCUT2D eigenvalue weighted by atomic mass is 9.95. The fraction of sp³-hybridized carbons (Fsp3) is 0.818. The molecule has 1 aromatic heterocycles. The Bertz CT molecular complexity index is 292. The van der Waals surface area contributed by atoms with Gasteiger partial charge >= 0.3 is 0 Å². The van der Waals surface area contributed by atoms with Crippen molar-refractivity contribution in [1.82, 2.24) is 15.0 Å². The highest BCUT2D eigenvalue weighted by Gasteiger charge is 2.20. The summed E-state index contributed by atoms with van der Waals surface area (Å²) in [7, 11) is 0. The lowest BCUT2D eigenvalue weighted by Gasteiger charge is -2.23. The van der Waals surface area contributed by atoms with Crippen molar-refractivity contribution >= 4 is 0 Å². The standard InChI is InChI=1S/C11H19N3/c1-3-10-7-5-4-6-9(2)11-8-12-13-14(10)11/h8-10H,3-7H2,1-2H3. The fourth-order valence-corrected chi connectivity index (χ4v) is 2.37. The minimum absolute atomic E-state index is 0.579. The largest absolute Gasteiger partial charge is 0.246 e. The molecule has 1 aliphatic heterocycles. The number of rotatable bonds is 1. The molecule has 14 heavy (non-hydrogen) atoms. The summed E-state index contributed by atoms with van der Waals surface area (Å²) >= 11 is 0. The summed E-state index contributed by atoms with van der Waals surface area (Å²) in [4.78, 5) is 0. The van der Waals surface area contributed by atoms with Crippen LogP contribution >= 0.6 is 0 Å². The van der Waals surface area contributed by atoms with E-state index in [0.717, 1.165) is 0 Å². The van der Waals surface area contributed by atoms with E-state index in [4.69, 9.17) is 0 Å². The Morgan fingerprint density at radius 3 is 3.00 bits per heavy atom. The average Bonchev–Trinajstić information content (AvgIpc) is 2.63. The first-order valence-corrected chi connectivity index (χ1v) is 5.73. The van der Waals surface area contributed by atoms with E-state index in [2.05, 4.69) is 28.8 Å². The molecule has 0 saturated heterocycles. The molecule has 2 rings (SSSR count). The maximum Gasteiger partial charge on any atom is 0.0728 e. The molecule has 1 aliphatic rings. The number of hydrogen-bond acceptors (Lipinski definition) is 2. The smallest absolute Gasteiger partial charge is 0.0728 e. The van der Waals surface area contributed by atoms with Crippen molar-refractivity contribution in [2.75, 3.05) is 0 Å². The summed E-state index contributed by atoms with van der Waals surface area (Å²) in [5, 5.41) is 8.28. The Hall–Kier alpha value is -0.860. The molecule has 2 unspecified atom stereocenters. The van der Waals surface area contributed by atoms with E-state index in [1.807, 2.05) is 6.20 Å². The van der Waals surface area contributed by atoms with Crippen molar-refractivity contribution in [1.29, 1.82) is 0 Å². The maximum atomic E-state index is 4.23. The molecule has 0 aromatic carbocycles. The Balaban J connectivity index is 2.31. The Labute approximate surface area is 85.5 Å². The third kappa shape index (κ3) is 1.68. The first kappa shape index (κ1) is 9.69. The molecule has 0 saturated carbocycles. The molecule has 0 fully saturated rings. The van der Waals surface area contributed by atoms with Crippen LogP contribution in [0, 0.1) is 0 Å². The zero-order valence-electron chi connectivity index (χ0n) is 9.11. The number of fused-ring (bicyclic) bond motifs is 1. The second kappa shape index (κ2) is 4.11. The van der Waals surface area contributed by atoms with Crippen LogP contribution in [-0.2, 0) is 0 Å². The van der Waals surface area contributed by atoms with E-state index in [1.165, 1.54) is 37.8 Å². The monoisotopic (exact) mass is 193 g/mol. The Kier molecular flexibility index (Phi) is 2.85. The Morgan fingerprint density at radius 2 is 2.21 bits per heavy atom. The fourth-order valence-electron chi connectivity index (χ4n) is 2.37. The van der Waals surface area contributed by atoms with Crippen molar-refractivity contribution < 1.29 is 0 Å². The molecule has 0 N–H and O–H groups in total.